The first-order valence-electron chi connectivity index (χ1n) is 8.22. The maximum absolute atomic E-state index is 12.3. The molecule has 132 valence electrons. The van der Waals surface area contributed by atoms with E-state index in [0.717, 1.165) is 5.56 Å². The Labute approximate surface area is 152 Å². The van der Waals surface area contributed by atoms with Crippen molar-refractivity contribution in [2.45, 2.75) is 13.5 Å². The Balaban J connectivity index is 1.60. The fourth-order valence-electron chi connectivity index (χ4n) is 2.46. The van der Waals surface area contributed by atoms with E-state index in [1.165, 1.54) is 5.56 Å². The fourth-order valence-corrected chi connectivity index (χ4v) is 2.46. The summed E-state index contributed by atoms with van der Waals surface area (Å²) >= 11 is 0. The summed E-state index contributed by atoms with van der Waals surface area (Å²) in [6.45, 7) is 2.70. The number of rotatable bonds is 6. The SMILES string of the molecule is COc1cccc(NC(=O)c2ccc(NCc3cccc(C)c3)nn2)c1. The van der Waals surface area contributed by atoms with Crippen LogP contribution in [0.1, 0.15) is 21.6 Å². The van der Waals surface area contributed by atoms with Crippen LogP contribution in [0.2, 0.25) is 0 Å². The molecule has 3 aromatic rings. The van der Waals surface area contributed by atoms with Gasteiger partial charge in [0, 0.05) is 18.3 Å². The molecule has 0 saturated heterocycles. The van der Waals surface area contributed by atoms with E-state index in [4.69, 9.17) is 4.74 Å². The van der Waals surface area contributed by atoms with Crippen molar-refractivity contribution in [1.29, 1.82) is 0 Å². The number of amides is 1. The number of nitrogens with one attached hydrogen (secondary N) is 2. The molecule has 1 heterocycles. The van der Waals surface area contributed by atoms with E-state index in [1.807, 2.05) is 18.2 Å². The number of benzene rings is 2. The van der Waals surface area contributed by atoms with Crippen molar-refractivity contribution in [3.63, 3.8) is 0 Å². The first-order chi connectivity index (χ1) is 12.6. The summed E-state index contributed by atoms with van der Waals surface area (Å²) in [5.41, 5.74) is 3.25. The van der Waals surface area contributed by atoms with E-state index in [2.05, 4.69) is 39.9 Å². The highest BCUT2D eigenvalue weighted by molar-refractivity contribution is 6.02. The van der Waals surface area contributed by atoms with Gasteiger partial charge in [-0.2, -0.15) is 0 Å². The monoisotopic (exact) mass is 348 g/mol. The third kappa shape index (κ3) is 4.57. The summed E-state index contributed by atoms with van der Waals surface area (Å²) in [6, 6.07) is 18.7. The second-order valence-electron chi connectivity index (χ2n) is 5.83. The highest BCUT2D eigenvalue weighted by Crippen LogP contribution is 2.17. The molecule has 26 heavy (non-hydrogen) atoms. The molecule has 6 nitrogen and oxygen atoms in total. The third-order valence-electron chi connectivity index (χ3n) is 3.78. The van der Waals surface area contributed by atoms with Gasteiger partial charge in [0.2, 0.25) is 0 Å². The highest BCUT2D eigenvalue weighted by Gasteiger charge is 2.09. The van der Waals surface area contributed by atoms with E-state index >= 15 is 0 Å². The maximum atomic E-state index is 12.3. The minimum atomic E-state index is -0.323. The van der Waals surface area contributed by atoms with Crippen LogP contribution in [0.5, 0.6) is 5.75 Å². The quantitative estimate of drug-likeness (QED) is 0.711. The molecular weight excluding hydrogens is 328 g/mol. The molecule has 0 radical (unpaired) electrons. The summed E-state index contributed by atoms with van der Waals surface area (Å²) in [7, 11) is 1.58. The van der Waals surface area contributed by atoms with Crippen LogP contribution in [0.15, 0.2) is 60.7 Å². The van der Waals surface area contributed by atoms with Gasteiger partial charge in [-0.3, -0.25) is 4.79 Å². The van der Waals surface area contributed by atoms with Crippen LogP contribution >= 0.6 is 0 Å². The van der Waals surface area contributed by atoms with Gasteiger partial charge < -0.3 is 15.4 Å². The molecule has 0 aliphatic carbocycles. The normalized spacial score (nSPS) is 10.2. The zero-order valence-electron chi connectivity index (χ0n) is 14.7. The van der Waals surface area contributed by atoms with Gasteiger partial charge in [0.1, 0.15) is 11.6 Å². The van der Waals surface area contributed by atoms with E-state index < -0.39 is 0 Å². The molecule has 0 atom stereocenters. The Morgan fingerprint density at radius 2 is 1.88 bits per heavy atom. The molecule has 3 rings (SSSR count). The summed E-state index contributed by atoms with van der Waals surface area (Å²) in [5, 5.41) is 14.0. The van der Waals surface area contributed by atoms with Gasteiger partial charge in [-0.25, -0.2) is 0 Å². The number of anilines is 2. The Morgan fingerprint density at radius 3 is 2.62 bits per heavy atom. The molecule has 2 aromatic carbocycles. The standard InChI is InChI=1S/C20H20N4O2/c1-14-5-3-6-15(11-14)13-21-19-10-9-18(23-24-19)20(25)22-16-7-4-8-17(12-16)26-2/h3-12H,13H2,1-2H3,(H,21,24)(H,22,25). The van der Waals surface area contributed by atoms with E-state index in [9.17, 15) is 4.79 Å². The Morgan fingerprint density at radius 1 is 1.04 bits per heavy atom. The summed E-state index contributed by atoms with van der Waals surface area (Å²) in [6.07, 6.45) is 0. The van der Waals surface area contributed by atoms with Gasteiger partial charge in [-0.05, 0) is 36.8 Å². The van der Waals surface area contributed by atoms with E-state index in [0.29, 0.717) is 23.8 Å². The average molecular weight is 348 g/mol. The molecule has 0 bridgehead atoms. The van der Waals surface area contributed by atoms with E-state index in [-0.39, 0.29) is 11.6 Å². The van der Waals surface area contributed by atoms with Crippen LogP contribution in [0.3, 0.4) is 0 Å². The van der Waals surface area contributed by atoms with Gasteiger partial charge >= 0.3 is 0 Å². The van der Waals surface area contributed by atoms with Gasteiger partial charge in [0.15, 0.2) is 5.69 Å². The molecule has 0 aliphatic rings. The number of carbonyl (C=O) groups excluding carboxylic acids is 1. The molecule has 6 heteroatoms. The molecule has 1 amide bonds. The largest absolute Gasteiger partial charge is 0.497 e. The van der Waals surface area contributed by atoms with Crippen LogP contribution in [0.25, 0.3) is 0 Å². The third-order valence-corrected chi connectivity index (χ3v) is 3.78. The molecule has 1 aromatic heterocycles. The zero-order valence-corrected chi connectivity index (χ0v) is 14.7. The number of carbonyl (C=O) groups is 1. The topological polar surface area (TPSA) is 76.1 Å². The second-order valence-corrected chi connectivity index (χ2v) is 5.83. The lowest BCUT2D eigenvalue weighted by Gasteiger charge is -2.08. The van der Waals surface area contributed by atoms with Gasteiger partial charge in [0.05, 0.1) is 7.11 Å². The van der Waals surface area contributed by atoms with Gasteiger partial charge in [-0.15, -0.1) is 10.2 Å². The zero-order chi connectivity index (χ0) is 18.4. The highest BCUT2D eigenvalue weighted by atomic mass is 16.5. The first-order valence-corrected chi connectivity index (χ1v) is 8.22. The molecular formula is C20H20N4O2. The summed E-state index contributed by atoms with van der Waals surface area (Å²) in [5.74, 6) is 0.963. The van der Waals surface area contributed by atoms with Crippen molar-refractivity contribution in [2.24, 2.45) is 0 Å². The van der Waals surface area contributed by atoms with Crippen molar-refractivity contribution < 1.29 is 9.53 Å². The molecule has 0 aliphatic heterocycles. The molecule has 2 N–H and O–H groups in total. The molecule has 0 spiro atoms. The average Bonchev–Trinajstić information content (AvgIpc) is 2.67. The maximum Gasteiger partial charge on any atom is 0.276 e. The Kier molecular flexibility index (Phi) is 5.43. The van der Waals surface area contributed by atoms with Crippen molar-refractivity contribution in [1.82, 2.24) is 10.2 Å². The lowest BCUT2D eigenvalue weighted by Crippen LogP contribution is -2.15. The smallest absolute Gasteiger partial charge is 0.276 e. The molecule has 0 fully saturated rings. The van der Waals surface area contributed by atoms with Crippen LogP contribution in [-0.2, 0) is 6.54 Å². The number of hydrogen-bond acceptors (Lipinski definition) is 5. The summed E-state index contributed by atoms with van der Waals surface area (Å²) < 4.78 is 5.14. The lowest BCUT2D eigenvalue weighted by molar-refractivity contribution is 0.102. The fraction of sp³-hybridized carbons (Fsp3) is 0.150. The molecule has 0 unspecified atom stereocenters. The van der Waals surface area contributed by atoms with Crippen molar-refractivity contribution in [2.75, 3.05) is 17.7 Å². The summed E-state index contributed by atoms with van der Waals surface area (Å²) in [4.78, 5) is 12.3. The van der Waals surface area contributed by atoms with Crippen molar-refractivity contribution >= 4 is 17.4 Å². The Bertz CT molecular complexity index is 894. The number of nitrogens with zero attached hydrogens (tertiary/aromatic N) is 2. The lowest BCUT2D eigenvalue weighted by atomic mass is 10.1. The van der Waals surface area contributed by atoms with Crippen molar-refractivity contribution in [3.8, 4) is 5.75 Å². The van der Waals surface area contributed by atoms with Crippen LogP contribution < -0.4 is 15.4 Å². The number of methoxy groups -OCH3 is 1. The predicted octanol–water partition coefficient (Wildman–Crippen LogP) is 3.66. The van der Waals surface area contributed by atoms with E-state index in [1.54, 1.807) is 37.4 Å². The predicted molar refractivity (Wildman–Crippen MR) is 101 cm³/mol. The van der Waals surface area contributed by atoms with Gasteiger partial charge in [-0.1, -0.05) is 35.9 Å². The number of ether oxygens (including phenoxy) is 1. The van der Waals surface area contributed by atoms with Crippen molar-refractivity contribution in [3.05, 3.63) is 77.5 Å². The Hall–Kier alpha value is -3.41. The van der Waals surface area contributed by atoms with Crippen LogP contribution in [0, 0.1) is 6.92 Å². The number of hydrogen-bond donors (Lipinski definition) is 2. The second kappa shape index (κ2) is 8.11. The first kappa shape index (κ1) is 17.4. The minimum absolute atomic E-state index is 0.244. The van der Waals surface area contributed by atoms with Crippen LogP contribution in [-0.4, -0.2) is 23.2 Å². The minimum Gasteiger partial charge on any atom is -0.497 e. The molecule has 0 saturated carbocycles. The van der Waals surface area contributed by atoms with Crippen LogP contribution in [0.4, 0.5) is 11.5 Å². The number of aromatic nitrogens is 2. The number of aryl methyl sites for hydroxylation is 1. The van der Waals surface area contributed by atoms with Gasteiger partial charge in [0.25, 0.3) is 5.91 Å².